The normalized spacial score (nSPS) is 11.6. The van der Waals surface area contributed by atoms with E-state index in [-0.39, 0.29) is 23.1 Å². The van der Waals surface area contributed by atoms with E-state index in [0.717, 1.165) is 16.5 Å². The van der Waals surface area contributed by atoms with Crippen molar-refractivity contribution >= 4 is 34.2 Å². The van der Waals surface area contributed by atoms with E-state index < -0.39 is 36.9 Å². The first-order valence-corrected chi connectivity index (χ1v) is 11.6. The van der Waals surface area contributed by atoms with Gasteiger partial charge in [-0.1, -0.05) is 12.1 Å². The fourth-order valence-electron chi connectivity index (χ4n) is 3.50. The Kier molecular flexibility index (Phi) is 7.69. The number of benzene rings is 2. The number of fused-ring (bicyclic) bond motifs is 1. The van der Waals surface area contributed by atoms with Gasteiger partial charge in [0.25, 0.3) is 5.91 Å². The van der Waals surface area contributed by atoms with Gasteiger partial charge < -0.3 is 29.0 Å². The summed E-state index contributed by atoms with van der Waals surface area (Å²) < 4.78 is 39.0. The zero-order chi connectivity index (χ0) is 25.7. The Morgan fingerprint density at radius 3 is 2.67 bits per heavy atom. The second-order valence-corrected chi connectivity index (χ2v) is 8.88. The van der Waals surface area contributed by atoms with Gasteiger partial charge in [0.2, 0.25) is 6.79 Å². The summed E-state index contributed by atoms with van der Waals surface area (Å²) in [5, 5.41) is 2.90. The number of carbonyl (C=O) groups is 3. The number of nitrogens with one attached hydrogen (secondary N) is 1. The summed E-state index contributed by atoms with van der Waals surface area (Å²) in [6.45, 7) is 0.891. The summed E-state index contributed by atoms with van der Waals surface area (Å²) in [5.41, 5.74) is 1.81. The molecule has 0 saturated heterocycles. The van der Waals surface area contributed by atoms with Gasteiger partial charge in [-0.05, 0) is 48.7 Å². The van der Waals surface area contributed by atoms with Crippen molar-refractivity contribution in [2.45, 2.75) is 13.3 Å². The SMILES string of the molecule is COC(=O)c1c(NC(=O)COC(=O)COc2cccc(F)c2)sc(C)c1Cc1ccc2c(c1)OCO2. The molecule has 0 atom stereocenters. The minimum Gasteiger partial charge on any atom is -0.482 e. The molecule has 4 rings (SSSR count). The zero-order valence-corrected chi connectivity index (χ0v) is 20.2. The third-order valence-corrected chi connectivity index (χ3v) is 6.25. The van der Waals surface area contributed by atoms with Crippen molar-refractivity contribution in [1.29, 1.82) is 0 Å². The van der Waals surface area contributed by atoms with Crippen LogP contribution in [0.2, 0.25) is 0 Å². The number of carbonyl (C=O) groups excluding carboxylic acids is 3. The molecule has 1 aliphatic heterocycles. The Bertz CT molecular complexity index is 1310. The lowest BCUT2D eigenvalue weighted by molar-refractivity contribution is -0.149. The van der Waals surface area contributed by atoms with Crippen LogP contribution in [0.3, 0.4) is 0 Å². The number of methoxy groups -OCH3 is 1. The van der Waals surface area contributed by atoms with Crippen LogP contribution in [-0.2, 0) is 25.5 Å². The van der Waals surface area contributed by atoms with Gasteiger partial charge in [-0.3, -0.25) is 4.79 Å². The smallest absolute Gasteiger partial charge is 0.344 e. The van der Waals surface area contributed by atoms with Gasteiger partial charge in [0.1, 0.15) is 16.6 Å². The van der Waals surface area contributed by atoms with Crippen LogP contribution in [0.5, 0.6) is 17.2 Å². The number of rotatable bonds is 9. The number of amides is 1. The van der Waals surface area contributed by atoms with Crippen molar-refractivity contribution < 1.29 is 42.5 Å². The van der Waals surface area contributed by atoms with E-state index in [1.807, 2.05) is 19.1 Å². The van der Waals surface area contributed by atoms with E-state index in [4.69, 9.17) is 23.7 Å². The van der Waals surface area contributed by atoms with Gasteiger partial charge >= 0.3 is 11.9 Å². The minimum atomic E-state index is -0.812. The maximum Gasteiger partial charge on any atom is 0.344 e. The van der Waals surface area contributed by atoms with Crippen LogP contribution in [0.15, 0.2) is 42.5 Å². The number of anilines is 1. The van der Waals surface area contributed by atoms with Crippen molar-refractivity contribution in [2.75, 3.05) is 32.4 Å². The molecule has 2 heterocycles. The number of hydrogen-bond acceptors (Lipinski definition) is 9. The van der Waals surface area contributed by atoms with Gasteiger partial charge in [0.15, 0.2) is 24.7 Å². The average molecular weight is 516 g/mol. The molecule has 11 heteroatoms. The molecule has 1 N–H and O–H groups in total. The maximum absolute atomic E-state index is 13.2. The summed E-state index contributed by atoms with van der Waals surface area (Å²) >= 11 is 1.21. The molecule has 0 bridgehead atoms. The van der Waals surface area contributed by atoms with Crippen LogP contribution in [0.25, 0.3) is 0 Å². The highest BCUT2D eigenvalue weighted by Crippen LogP contribution is 2.37. The van der Waals surface area contributed by atoms with Gasteiger partial charge in [-0.15, -0.1) is 11.3 Å². The average Bonchev–Trinajstić information content (AvgIpc) is 3.44. The monoisotopic (exact) mass is 515 g/mol. The van der Waals surface area contributed by atoms with Crippen molar-refractivity contribution in [1.82, 2.24) is 0 Å². The predicted molar refractivity (Wildman–Crippen MR) is 127 cm³/mol. The van der Waals surface area contributed by atoms with E-state index in [1.165, 1.54) is 36.6 Å². The molecule has 1 aliphatic rings. The van der Waals surface area contributed by atoms with Gasteiger partial charge in [-0.25, -0.2) is 14.0 Å². The molecule has 0 spiro atoms. The van der Waals surface area contributed by atoms with Gasteiger partial charge in [-0.2, -0.15) is 0 Å². The minimum absolute atomic E-state index is 0.154. The molecule has 0 saturated carbocycles. The predicted octanol–water partition coefficient (Wildman–Crippen LogP) is 3.86. The molecular weight excluding hydrogens is 493 g/mol. The summed E-state index contributed by atoms with van der Waals surface area (Å²) in [5.74, 6) is -1.14. The topological polar surface area (TPSA) is 109 Å². The van der Waals surface area contributed by atoms with Gasteiger partial charge in [0, 0.05) is 10.9 Å². The summed E-state index contributed by atoms with van der Waals surface area (Å²) in [6.07, 6.45) is 0.395. The molecule has 1 amide bonds. The molecule has 0 radical (unpaired) electrons. The Morgan fingerprint density at radius 1 is 1.08 bits per heavy atom. The number of ether oxygens (including phenoxy) is 5. The number of hydrogen-bond donors (Lipinski definition) is 1. The van der Waals surface area contributed by atoms with Gasteiger partial charge in [0.05, 0.1) is 12.7 Å². The molecule has 0 aliphatic carbocycles. The zero-order valence-electron chi connectivity index (χ0n) is 19.4. The lowest BCUT2D eigenvalue weighted by Crippen LogP contribution is -2.24. The van der Waals surface area contributed by atoms with E-state index >= 15 is 0 Å². The fraction of sp³-hybridized carbons (Fsp3) is 0.240. The van der Waals surface area contributed by atoms with Crippen molar-refractivity contribution in [2.24, 2.45) is 0 Å². The Hall–Kier alpha value is -4.12. The molecule has 2 aromatic carbocycles. The first kappa shape index (κ1) is 25.0. The highest BCUT2D eigenvalue weighted by atomic mass is 32.1. The van der Waals surface area contributed by atoms with Crippen molar-refractivity contribution in [3.63, 3.8) is 0 Å². The van der Waals surface area contributed by atoms with Crippen LogP contribution in [0, 0.1) is 12.7 Å². The van der Waals surface area contributed by atoms with Crippen LogP contribution >= 0.6 is 11.3 Å². The number of aryl methyl sites for hydroxylation is 1. The summed E-state index contributed by atoms with van der Waals surface area (Å²) in [6, 6.07) is 10.8. The number of esters is 2. The first-order valence-electron chi connectivity index (χ1n) is 10.8. The van der Waals surface area contributed by atoms with Crippen LogP contribution in [-0.4, -0.2) is 45.0 Å². The van der Waals surface area contributed by atoms with E-state index in [2.05, 4.69) is 5.32 Å². The summed E-state index contributed by atoms with van der Waals surface area (Å²) in [4.78, 5) is 37.8. The number of halogens is 1. The molecule has 36 heavy (non-hydrogen) atoms. The second-order valence-electron chi connectivity index (χ2n) is 7.65. The Morgan fingerprint density at radius 2 is 1.89 bits per heavy atom. The Balaban J connectivity index is 1.40. The third-order valence-electron chi connectivity index (χ3n) is 5.19. The lowest BCUT2D eigenvalue weighted by atomic mass is 10.0. The third kappa shape index (κ3) is 5.92. The fourth-order valence-corrected chi connectivity index (χ4v) is 4.58. The molecule has 188 valence electrons. The number of thiophene rings is 1. The van der Waals surface area contributed by atoms with Crippen molar-refractivity contribution in [3.8, 4) is 17.2 Å². The molecule has 0 unspecified atom stereocenters. The van der Waals surface area contributed by atoms with Crippen LogP contribution in [0.1, 0.15) is 26.4 Å². The van der Waals surface area contributed by atoms with E-state index in [0.29, 0.717) is 23.5 Å². The van der Waals surface area contributed by atoms with Crippen molar-refractivity contribution in [3.05, 3.63) is 69.8 Å². The molecule has 3 aromatic rings. The second kappa shape index (κ2) is 11.1. The maximum atomic E-state index is 13.2. The molecule has 9 nitrogen and oxygen atoms in total. The highest BCUT2D eigenvalue weighted by Gasteiger charge is 2.25. The lowest BCUT2D eigenvalue weighted by Gasteiger charge is -2.09. The largest absolute Gasteiger partial charge is 0.482 e. The molecule has 1 aromatic heterocycles. The van der Waals surface area contributed by atoms with E-state index in [1.54, 1.807) is 6.07 Å². The van der Waals surface area contributed by atoms with Crippen LogP contribution < -0.4 is 19.5 Å². The van der Waals surface area contributed by atoms with E-state index in [9.17, 15) is 18.8 Å². The molecule has 0 fully saturated rings. The quantitative estimate of drug-likeness (QED) is 0.428. The summed E-state index contributed by atoms with van der Waals surface area (Å²) in [7, 11) is 1.26. The highest BCUT2D eigenvalue weighted by molar-refractivity contribution is 7.16. The molecular formula is C25H22FNO8S. The van der Waals surface area contributed by atoms with Crippen LogP contribution in [0.4, 0.5) is 9.39 Å². The first-order chi connectivity index (χ1) is 17.3. The standard InChI is InChI=1S/C25H22FNO8S/c1-14-18(8-15-6-7-19-20(9-15)35-13-34-19)23(25(30)31-2)24(36-14)27-21(28)11-33-22(29)12-32-17-5-3-4-16(26)10-17/h3-7,9-10H,8,11-13H2,1-2H3,(H,27,28). The Labute approximate surface area is 209 Å².